The van der Waals surface area contributed by atoms with Crippen molar-refractivity contribution >= 4 is 5.96 Å². The third-order valence-electron chi connectivity index (χ3n) is 4.49. The molecule has 148 valence electrons. The number of ether oxygens (including phenoxy) is 1. The smallest absolute Gasteiger partial charge is 0.191 e. The number of hydrogen-bond donors (Lipinski definition) is 2. The van der Waals surface area contributed by atoms with Gasteiger partial charge in [-0.25, -0.2) is 0 Å². The van der Waals surface area contributed by atoms with Crippen LogP contribution >= 0.6 is 0 Å². The van der Waals surface area contributed by atoms with Gasteiger partial charge in [0.05, 0.1) is 13.2 Å². The Morgan fingerprint density at radius 3 is 2.73 bits per heavy atom. The fraction of sp³-hybridized carbons (Fsp3) is 0.833. The summed E-state index contributed by atoms with van der Waals surface area (Å²) in [6.07, 6.45) is 6.10. The van der Waals surface area contributed by atoms with Gasteiger partial charge in [0.2, 0.25) is 0 Å². The Hall–Kier alpha value is -1.67. The lowest BCUT2D eigenvalue weighted by Gasteiger charge is -2.26. The molecule has 2 N–H and O–H groups in total. The molecule has 1 fully saturated rings. The molecule has 2 rings (SSSR count). The molecule has 0 bridgehead atoms. The first-order valence-corrected chi connectivity index (χ1v) is 10.0. The van der Waals surface area contributed by atoms with Crippen molar-refractivity contribution in [1.29, 1.82) is 0 Å². The minimum Gasteiger partial charge on any atom is -0.379 e. The number of aryl methyl sites for hydroxylation is 1. The van der Waals surface area contributed by atoms with Gasteiger partial charge in [-0.3, -0.25) is 9.89 Å². The Morgan fingerprint density at radius 1 is 1.15 bits per heavy atom. The van der Waals surface area contributed by atoms with Gasteiger partial charge in [-0.05, 0) is 12.8 Å². The van der Waals surface area contributed by atoms with Crippen LogP contribution in [0.1, 0.15) is 38.9 Å². The molecule has 2 heterocycles. The second-order valence-corrected chi connectivity index (χ2v) is 6.54. The van der Waals surface area contributed by atoms with Crippen LogP contribution in [0.5, 0.6) is 0 Å². The lowest BCUT2D eigenvalue weighted by molar-refractivity contribution is 0.0377. The summed E-state index contributed by atoms with van der Waals surface area (Å²) < 4.78 is 7.48. The number of morpholine rings is 1. The normalized spacial score (nSPS) is 16.0. The van der Waals surface area contributed by atoms with Crippen LogP contribution in [0, 0.1) is 0 Å². The number of aliphatic imine (C=N–C) groups is 1. The highest BCUT2D eigenvalue weighted by Crippen LogP contribution is 1.98. The molecule has 0 amide bonds. The number of rotatable bonds is 11. The molecule has 26 heavy (non-hydrogen) atoms. The summed E-state index contributed by atoms with van der Waals surface area (Å²) in [6.45, 7) is 12.7. The fourth-order valence-corrected chi connectivity index (χ4v) is 2.90. The van der Waals surface area contributed by atoms with E-state index in [1.807, 2.05) is 0 Å². The van der Waals surface area contributed by atoms with Crippen LogP contribution in [0.15, 0.2) is 11.3 Å². The van der Waals surface area contributed by atoms with Crippen molar-refractivity contribution in [3.8, 4) is 0 Å². The van der Waals surface area contributed by atoms with Crippen LogP contribution in [-0.2, 0) is 17.7 Å². The Bertz CT molecular complexity index is 511. The van der Waals surface area contributed by atoms with Crippen LogP contribution in [0.4, 0.5) is 0 Å². The van der Waals surface area contributed by atoms with Gasteiger partial charge in [0, 0.05) is 52.2 Å². The van der Waals surface area contributed by atoms with E-state index in [1.165, 1.54) is 6.42 Å². The van der Waals surface area contributed by atoms with E-state index in [0.29, 0.717) is 0 Å². The lowest BCUT2D eigenvalue weighted by Crippen LogP contribution is -2.40. The SMILES string of the molecule is CCCCNC(=NCCCN1CCOCC1)NCCn1cnnc1CC. The largest absolute Gasteiger partial charge is 0.379 e. The predicted molar refractivity (Wildman–Crippen MR) is 104 cm³/mol. The zero-order valence-corrected chi connectivity index (χ0v) is 16.4. The van der Waals surface area contributed by atoms with Crippen molar-refractivity contribution in [2.75, 3.05) is 52.5 Å². The monoisotopic (exact) mass is 365 g/mol. The zero-order chi connectivity index (χ0) is 18.5. The maximum atomic E-state index is 5.39. The maximum absolute atomic E-state index is 5.39. The average molecular weight is 366 g/mol. The molecule has 8 heteroatoms. The molecule has 1 aliphatic heterocycles. The molecule has 1 aliphatic rings. The maximum Gasteiger partial charge on any atom is 0.191 e. The van der Waals surface area contributed by atoms with Crippen molar-refractivity contribution in [3.05, 3.63) is 12.2 Å². The standard InChI is InChI=1S/C18H35N7O/c1-3-5-7-19-18(20-8-6-10-24-12-14-26-15-13-24)21-9-11-25-16-22-23-17(25)4-2/h16H,3-15H2,1-2H3,(H2,19,20,21). The summed E-state index contributed by atoms with van der Waals surface area (Å²) in [4.78, 5) is 7.19. The van der Waals surface area contributed by atoms with Gasteiger partial charge in [-0.2, -0.15) is 0 Å². The molecule has 0 aromatic carbocycles. The second kappa shape index (κ2) is 12.6. The minimum absolute atomic E-state index is 0.812. The Kier molecular flexibility index (Phi) is 10.0. The molecule has 0 atom stereocenters. The number of unbranched alkanes of at least 4 members (excludes halogenated alkanes) is 1. The molecular formula is C18H35N7O. The quantitative estimate of drug-likeness (QED) is 0.345. The number of aromatic nitrogens is 3. The van der Waals surface area contributed by atoms with Crippen molar-refractivity contribution < 1.29 is 4.74 Å². The van der Waals surface area contributed by atoms with Crippen LogP contribution in [0.2, 0.25) is 0 Å². The predicted octanol–water partition coefficient (Wildman–Crippen LogP) is 0.898. The van der Waals surface area contributed by atoms with E-state index in [2.05, 4.69) is 44.1 Å². The first-order chi connectivity index (χ1) is 12.8. The Labute approximate surface area is 157 Å². The fourth-order valence-electron chi connectivity index (χ4n) is 2.90. The minimum atomic E-state index is 0.812. The summed E-state index contributed by atoms with van der Waals surface area (Å²) in [6, 6.07) is 0. The van der Waals surface area contributed by atoms with Gasteiger partial charge in [0.25, 0.3) is 0 Å². The number of guanidine groups is 1. The summed E-state index contributed by atoms with van der Waals surface area (Å²) in [7, 11) is 0. The van der Waals surface area contributed by atoms with Gasteiger partial charge in [-0.15, -0.1) is 10.2 Å². The third kappa shape index (κ3) is 7.70. The highest BCUT2D eigenvalue weighted by atomic mass is 16.5. The number of nitrogens with one attached hydrogen (secondary N) is 2. The van der Waals surface area contributed by atoms with Crippen LogP contribution in [0.25, 0.3) is 0 Å². The average Bonchev–Trinajstić information content (AvgIpc) is 3.13. The van der Waals surface area contributed by atoms with E-state index in [9.17, 15) is 0 Å². The van der Waals surface area contributed by atoms with Crippen molar-refractivity contribution in [2.45, 2.75) is 46.1 Å². The van der Waals surface area contributed by atoms with Crippen LogP contribution in [0.3, 0.4) is 0 Å². The molecule has 8 nitrogen and oxygen atoms in total. The first kappa shape index (κ1) is 20.6. The molecule has 1 saturated heterocycles. The third-order valence-corrected chi connectivity index (χ3v) is 4.49. The van der Waals surface area contributed by atoms with Gasteiger partial charge >= 0.3 is 0 Å². The second-order valence-electron chi connectivity index (χ2n) is 6.54. The van der Waals surface area contributed by atoms with Gasteiger partial charge in [0.15, 0.2) is 5.96 Å². The van der Waals surface area contributed by atoms with Crippen molar-refractivity contribution in [3.63, 3.8) is 0 Å². The number of hydrogen-bond acceptors (Lipinski definition) is 5. The van der Waals surface area contributed by atoms with E-state index in [4.69, 9.17) is 9.73 Å². The van der Waals surface area contributed by atoms with Crippen molar-refractivity contribution in [1.82, 2.24) is 30.3 Å². The Morgan fingerprint density at radius 2 is 1.96 bits per heavy atom. The van der Waals surface area contributed by atoms with Crippen molar-refractivity contribution in [2.24, 2.45) is 4.99 Å². The molecule has 0 spiro atoms. The summed E-state index contributed by atoms with van der Waals surface area (Å²) in [5, 5.41) is 15.0. The van der Waals surface area contributed by atoms with Gasteiger partial charge in [-0.1, -0.05) is 20.3 Å². The van der Waals surface area contributed by atoms with Crippen LogP contribution < -0.4 is 10.6 Å². The van der Waals surface area contributed by atoms with Gasteiger partial charge < -0.3 is 19.9 Å². The molecule has 1 aromatic heterocycles. The molecule has 0 radical (unpaired) electrons. The zero-order valence-electron chi connectivity index (χ0n) is 16.4. The van der Waals surface area contributed by atoms with E-state index in [-0.39, 0.29) is 0 Å². The van der Waals surface area contributed by atoms with Crippen LogP contribution in [-0.4, -0.2) is 78.1 Å². The Balaban J connectivity index is 1.72. The molecule has 0 aliphatic carbocycles. The number of nitrogens with zero attached hydrogens (tertiary/aromatic N) is 5. The van der Waals surface area contributed by atoms with E-state index in [1.54, 1.807) is 6.33 Å². The van der Waals surface area contributed by atoms with E-state index >= 15 is 0 Å². The lowest BCUT2D eigenvalue weighted by atomic mass is 10.3. The highest BCUT2D eigenvalue weighted by molar-refractivity contribution is 5.79. The first-order valence-electron chi connectivity index (χ1n) is 10.0. The summed E-state index contributed by atoms with van der Waals surface area (Å²) in [5.74, 6) is 1.93. The summed E-state index contributed by atoms with van der Waals surface area (Å²) >= 11 is 0. The van der Waals surface area contributed by atoms with E-state index < -0.39 is 0 Å². The van der Waals surface area contributed by atoms with Gasteiger partial charge in [0.1, 0.15) is 12.2 Å². The molecule has 0 saturated carbocycles. The summed E-state index contributed by atoms with van der Waals surface area (Å²) in [5.41, 5.74) is 0. The topological polar surface area (TPSA) is 79.6 Å². The van der Waals surface area contributed by atoms with E-state index in [0.717, 1.165) is 90.1 Å². The molecule has 0 unspecified atom stereocenters. The highest BCUT2D eigenvalue weighted by Gasteiger charge is 2.09. The molecular weight excluding hydrogens is 330 g/mol. The molecule has 1 aromatic rings.